The molecule has 0 N–H and O–H groups in total. The standard InChI is InChI=1S/C16H10FNO2/c17-13-8-4-7-12(10-13)15-18-14(16(19)20-15)9-11-5-2-1-3-6-11/h1-10H/b14-9-. The molecule has 98 valence electrons. The molecule has 0 unspecified atom stereocenters. The van der Waals surface area contributed by atoms with Crippen molar-refractivity contribution < 1.29 is 13.9 Å². The number of nitrogens with zero attached hydrogens (tertiary/aromatic N) is 1. The molecular weight excluding hydrogens is 257 g/mol. The lowest BCUT2D eigenvalue weighted by Gasteiger charge is -1.98. The van der Waals surface area contributed by atoms with E-state index < -0.39 is 11.8 Å². The van der Waals surface area contributed by atoms with Crippen molar-refractivity contribution in [1.29, 1.82) is 0 Å². The zero-order valence-electron chi connectivity index (χ0n) is 10.4. The molecule has 1 aliphatic rings. The number of aliphatic imine (C=N–C) groups is 1. The largest absolute Gasteiger partial charge is 0.402 e. The second-order valence-corrected chi connectivity index (χ2v) is 4.26. The summed E-state index contributed by atoms with van der Waals surface area (Å²) in [5.74, 6) is -0.813. The number of carbonyl (C=O) groups excluding carboxylic acids is 1. The van der Waals surface area contributed by atoms with E-state index in [9.17, 15) is 9.18 Å². The van der Waals surface area contributed by atoms with Gasteiger partial charge >= 0.3 is 5.97 Å². The quantitative estimate of drug-likeness (QED) is 0.619. The second kappa shape index (κ2) is 5.09. The monoisotopic (exact) mass is 267 g/mol. The van der Waals surface area contributed by atoms with Crippen molar-refractivity contribution in [3.63, 3.8) is 0 Å². The fourth-order valence-electron chi connectivity index (χ4n) is 1.86. The Morgan fingerprint density at radius 1 is 1.05 bits per heavy atom. The molecule has 2 aromatic carbocycles. The third-order valence-corrected chi connectivity index (χ3v) is 2.80. The van der Waals surface area contributed by atoms with Gasteiger partial charge in [-0.25, -0.2) is 14.2 Å². The van der Waals surface area contributed by atoms with Crippen LogP contribution < -0.4 is 0 Å². The van der Waals surface area contributed by atoms with E-state index in [0.717, 1.165) is 5.56 Å². The molecular formula is C16H10FNO2. The Bertz CT molecular complexity index is 720. The molecule has 0 aromatic heterocycles. The van der Waals surface area contributed by atoms with Crippen LogP contribution in [0.1, 0.15) is 11.1 Å². The van der Waals surface area contributed by atoms with Crippen LogP contribution in [0.15, 0.2) is 65.3 Å². The number of hydrogen-bond acceptors (Lipinski definition) is 3. The Labute approximate surface area is 115 Å². The van der Waals surface area contributed by atoms with E-state index in [-0.39, 0.29) is 11.6 Å². The van der Waals surface area contributed by atoms with E-state index in [1.807, 2.05) is 30.3 Å². The van der Waals surface area contributed by atoms with Gasteiger partial charge in [0.2, 0.25) is 5.90 Å². The molecule has 0 bridgehead atoms. The summed E-state index contributed by atoms with van der Waals surface area (Å²) in [5.41, 5.74) is 1.49. The topological polar surface area (TPSA) is 38.7 Å². The van der Waals surface area contributed by atoms with Crippen molar-refractivity contribution in [1.82, 2.24) is 0 Å². The number of hydrogen-bond donors (Lipinski definition) is 0. The number of esters is 1. The van der Waals surface area contributed by atoms with Crippen LogP contribution in [0, 0.1) is 5.82 Å². The first-order valence-electron chi connectivity index (χ1n) is 6.06. The van der Waals surface area contributed by atoms with Crippen LogP contribution in [0.5, 0.6) is 0 Å². The molecule has 3 nitrogen and oxygen atoms in total. The van der Waals surface area contributed by atoms with Crippen molar-refractivity contribution in [2.45, 2.75) is 0 Å². The lowest BCUT2D eigenvalue weighted by molar-refractivity contribution is -0.129. The molecule has 0 aliphatic carbocycles. The maximum atomic E-state index is 13.2. The first-order valence-corrected chi connectivity index (χ1v) is 6.06. The number of halogens is 1. The van der Waals surface area contributed by atoms with Gasteiger partial charge in [0.15, 0.2) is 5.70 Å². The maximum Gasteiger partial charge on any atom is 0.363 e. The highest BCUT2D eigenvalue weighted by atomic mass is 19.1. The minimum Gasteiger partial charge on any atom is -0.402 e. The fourth-order valence-corrected chi connectivity index (χ4v) is 1.86. The van der Waals surface area contributed by atoms with Crippen LogP contribution in [-0.4, -0.2) is 11.9 Å². The number of benzene rings is 2. The van der Waals surface area contributed by atoms with Gasteiger partial charge in [-0.15, -0.1) is 0 Å². The maximum absolute atomic E-state index is 13.2. The molecule has 3 rings (SSSR count). The Balaban J connectivity index is 1.95. The molecule has 0 spiro atoms. The lowest BCUT2D eigenvalue weighted by atomic mass is 10.2. The summed E-state index contributed by atoms with van der Waals surface area (Å²) in [6.07, 6.45) is 1.63. The predicted molar refractivity (Wildman–Crippen MR) is 73.4 cm³/mol. The van der Waals surface area contributed by atoms with Gasteiger partial charge in [-0.2, -0.15) is 0 Å². The van der Waals surface area contributed by atoms with Crippen molar-refractivity contribution in [3.05, 3.63) is 77.2 Å². The molecule has 0 amide bonds. The van der Waals surface area contributed by atoms with Gasteiger partial charge in [0, 0.05) is 5.56 Å². The highest BCUT2D eigenvalue weighted by Gasteiger charge is 2.24. The highest BCUT2D eigenvalue weighted by Crippen LogP contribution is 2.19. The van der Waals surface area contributed by atoms with Crippen LogP contribution in [0.3, 0.4) is 0 Å². The second-order valence-electron chi connectivity index (χ2n) is 4.26. The van der Waals surface area contributed by atoms with Crippen molar-refractivity contribution in [2.24, 2.45) is 4.99 Å². The minimum atomic E-state index is -0.534. The molecule has 0 saturated heterocycles. The third-order valence-electron chi connectivity index (χ3n) is 2.80. The molecule has 1 heterocycles. The normalized spacial score (nSPS) is 16.1. The number of ether oxygens (including phenoxy) is 1. The summed E-state index contributed by atoms with van der Waals surface area (Å²) in [6, 6.07) is 15.1. The van der Waals surface area contributed by atoms with Crippen LogP contribution >= 0.6 is 0 Å². The Morgan fingerprint density at radius 2 is 1.85 bits per heavy atom. The summed E-state index contributed by atoms with van der Waals surface area (Å²) >= 11 is 0. The van der Waals surface area contributed by atoms with Crippen molar-refractivity contribution in [2.75, 3.05) is 0 Å². The van der Waals surface area contributed by atoms with Gasteiger partial charge in [0.05, 0.1) is 0 Å². The van der Waals surface area contributed by atoms with Crippen molar-refractivity contribution in [3.8, 4) is 0 Å². The Hall–Kier alpha value is -2.75. The van der Waals surface area contributed by atoms with Gasteiger partial charge in [-0.3, -0.25) is 0 Å². The molecule has 4 heteroatoms. The van der Waals surface area contributed by atoms with E-state index >= 15 is 0 Å². The molecule has 0 fully saturated rings. The number of carbonyl (C=O) groups is 1. The van der Waals surface area contributed by atoms with Crippen LogP contribution in [0.25, 0.3) is 6.08 Å². The summed E-state index contributed by atoms with van der Waals surface area (Å²) in [4.78, 5) is 15.9. The average molecular weight is 267 g/mol. The third kappa shape index (κ3) is 2.49. The van der Waals surface area contributed by atoms with Gasteiger partial charge in [0.1, 0.15) is 5.82 Å². The van der Waals surface area contributed by atoms with E-state index in [1.54, 1.807) is 18.2 Å². The predicted octanol–water partition coefficient (Wildman–Crippen LogP) is 3.17. The molecule has 0 saturated carbocycles. The summed E-state index contributed by atoms with van der Waals surface area (Å²) in [5, 5.41) is 0. The lowest BCUT2D eigenvalue weighted by Crippen LogP contribution is -2.05. The number of cyclic esters (lactones) is 1. The zero-order chi connectivity index (χ0) is 13.9. The zero-order valence-corrected chi connectivity index (χ0v) is 10.4. The smallest absolute Gasteiger partial charge is 0.363 e. The molecule has 1 aliphatic heterocycles. The average Bonchev–Trinajstić information content (AvgIpc) is 2.81. The van der Waals surface area contributed by atoms with E-state index in [1.165, 1.54) is 12.1 Å². The van der Waals surface area contributed by atoms with Gasteiger partial charge in [-0.1, -0.05) is 36.4 Å². The fraction of sp³-hybridized carbons (Fsp3) is 0. The molecule has 0 atom stereocenters. The van der Waals surface area contributed by atoms with Gasteiger partial charge < -0.3 is 4.74 Å². The summed E-state index contributed by atoms with van der Waals surface area (Å²) < 4.78 is 18.2. The summed E-state index contributed by atoms with van der Waals surface area (Å²) in [7, 11) is 0. The van der Waals surface area contributed by atoms with Crippen LogP contribution in [-0.2, 0) is 9.53 Å². The first-order chi connectivity index (χ1) is 9.72. The molecule has 2 aromatic rings. The van der Waals surface area contributed by atoms with Gasteiger partial charge in [0.25, 0.3) is 0 Å². The highest BCUT2D eigenvalue weighted by molar-refractivity contribution is 6.12. The van der Waals surface area contributed by atoms with Crippen LogP contribution in [0.2, 0.25) is 0 Å². The Kier molecular flexibility index (Phi) is 3.13. The number of rotatable bonds is 2. The first kappa shape index (κ1) is 12.3. The minimum absolute atomic E-state index is 0.122. The van der Waals surface area contributed by atoms with Crippen LogP contribution in [0.4, 0.5) is 4.39 Å². The van der Waals surface area contributed by atoms with E-state index in [0.29, 0.717) is 5.56 Å². The SMILES string of the molecule is O=C1OC(c2cccc(F)c2)=N/C1=C\c1ccccc1. The Morgan fingerprint density at radius 3 is 2.60 bits per heavy atom. The molecule has 20 heavy (non-hydrogen) atoms. The summed E-state index contributed by atoms with van der Waals surface area (Å²) in [6.45, 7) is 0. The van der Waals surface area contributed by atoms with Gasteiger partial charge in [-0.05, 0) is 29.8 Å². The van der Waals surface area contributed by atoms with E-state index in [4.69, 9.17) is 4.74 Å². The van der Waals surface area contributed by atoms with Crippen molar-refractivity contribution >= 4 is 17.9 Å². The molecule has 0 radical (unpaired) electrons. The van der Waals surface area contributed by atoms with E-state index in [2.05, 4.69) is 4.99 Å².